The third-order valence-electron chi connectivity index (χ3n) is 5.10. The van der Waals surface area contributed by atoms with Crippen LogP contribution in [-0.2, 0) is 20.8 Å². The average molecular weight is 422 g/mol. The van der Waals surface area contributed by atoms with Gasteiger partial charge in [0, 0.05) is 72.3 Å². The lowest BCUT2D eigenvalue weighted by molar-refractivity contribution is 0.0203. The molecule has 1 aromatic carbocycles. The van der Waals surface area contributed by atoms with Crippen molar-refractivity contribution in [1.29, 1.82) is 0 Å². The highest BCUT2D eigenvalue weighted by Gasteiger charge is 2.13. The van der Waals surface area contributed by atoms with Crippen molar-refractivity contribution in [3.8, 4) is 5.75 Å². The van der Waals surface area contributed by atoms with Gasteiger partial charge in [0.15, 0.2) is 5.96 Å². The van der Waals surface area contributed by atoms with Crippen molar-refractivity contribution < 1.29 is 18.9 Å². The minimum absolute atomic E-state index is 0.644. The number of hydrogen-bond donors (Lipinski definition) is 2. The summed E-state index contributed by atoms with van der Waals surface area (Å²) in [6.07, 6.45) is 4.05. The van der Waals surface area contributed by atoms with Gasteiger partial charge in [-0.2, -0.15) is 0 Å². The van der Waals surface area contributed by atoms with E-state index in [1.54, 1.807) is 14.2 Å². The van der Waals surface area contributed by atoms with Crippen LogP contribution in [-0.4, -0.2) is 66.3 Å². The molecule has 0 spiro atoms. The van der Waals surface area contributed by atoms with Crippen LogP contribution in [0.3, 0.4) is 0 Å². The van der Waals surface area contributed by atoms with Crippen LogP contribution in [0.25, 0.3) is 0 Å². The molecule has 30 heavy (non-hydrogen) atoms. The van der Waals surface area contributed by atoms with E-state index in [9.17, 15) is 0 Å². The third-order valence-corrected chi connectivity index (χ3v) is 5.10. The Labute approximate surface area is 181 Å². The van der Waals surface area contributed by atoms with E-state index < -0.39 is 0 Å². The Bertz CT molecular complexity index is 618. The maximum atomic E-state index is 5.96. The number of nitrogens with one attached hydrogen (secondary N) is 2. The predicted octanol–water partition coefficient (Wildman–Crippen LogP) is 2.91. The third kappa shape index (κ3) is 9.78. The maximum Gasteiger partial charge on any atom is 0.191 e. The van der Waals surface area contributed by atoms with Crippen LogP contribution in [0.2, 0.25) is 0 Å². The summed E-state index contributed by atoms with van der Waals surface area (Å²) < 4.78 is 22.2. The average Bonchev–Trinajstić information content (AvgIpc) is 2.77. The molecule has 0 saturated carbocycles. The number of rotatable bonds is 13. The molecule has 7 nitrogen and oxygen atoms in total. The Balaban J connectivity index is 1.65. The molecule has 0 atom stereocenters. The SMILES string of the molecule is CN=C(NCCCOCC1CCOCC1)NCc1ccc(C)cc1OCCCOC. The first-order valence-electron chi connectivity index (χ1n) is 11.0. The molecule has 170 valence electrons. The zero-order chi connectivity index (χ0) is 21.4. The topological polar surface area (TPSA) is 73.3 Å². The fourth-order valence-corrected chi connectivity index (χ4v) is 3.27. The summed E-state index contributed by atoms with van der Waals surface area (Å²) in [6, 6.07) is 6.28. The highest BCUT2D eigenvalue weighted by Crippen LogP contribution is 2.20. The summed E-state index contributed by atoms with van der Waals surface area (Å²) in [7, 11) is 3.49. The van der Waals surface area contributed by atoms with E-state index in [4.69, 9.17) is 18.9 Å². The van der Waals surface area contributed by atoms with Crippen LogP contribution in [0.5, 0.6) is 5.75 Å². The first-order valence-corrected chi connectivity index (χ1v) is 11.0. The van der Waals surface area contributed by atoms with Gasteiger partial charge in [0.1, 0.15) is 5.75 Å². The first kappa shape index (κ1) is 24.4. The molecule has 1 aliphatic rings. The van der Waals surface area contributed by atoms with Gasteiger partial charge in [0.25, 0.3) is 0 Å². The van der Waals surface area contributed by atoms with Crippen LogP contribution in [0.1, 0.15) is 36.8 Å². The smallest absolute Gasteiger partial charge is 0.191 e. The van der Waals surface area contributed by atoms with E-state index in [0.29, 0.717) is 25.7 Å². The predicted molar refractivity (Wildman–Crippen MR) is 120 cm³/mol. The largest absolute Gasteiger partial charge is 0.493 e. The summed E-state index contributed by atoms with van der Waals surface area (Å²) in [5.41, 5.74) is 2.30. The van der Waals surface area contributed by atoms with Crippen molar-refractivity contribution in [2.24, 2.45) is 10.9 Å². The maximum absolute atomic E-state index is 5.96. The molecule has 0 aromatic heterocycles. The van der Waals surface area contributed by atoms with Gasteiger partial charge in [-0.1, -0.05) is 12.1 Å². The normalized spacial score (nSPS) is 15.2. The van der Waals surface area contributed by atoms with E-state index in [-0.39, 0.29) is 0 Å². The summed E-state index contributed by atoms with van der Waals surface area (Å²) in [5.74, 6) is 2.35. The summed E-state index contributed by atoms with van der Waals surface area (Å²) in [6.45, 7) is 8.25. The number of guanidine groups is 1. The van der Waals surface area contributed by atoms with Crippen molar-refractivity contribution in [3.05, 3.63) is 29.3 Å². The molecule has 1 saturated heterocycles. The molecule has 0 aliphatic carbocycles. The lowest BCUT2D eigenvalue weighted by Gasteiger charge is -2.21. The molecule has 0 bridgehead atoms. The molecule has 1 fully saturated rings. The van der Waals surface area contributed by atoms with E-state index >= 15 is 0 Å². The Morgan fingerprint density at radius 2 is 1.97 bits per heavy atom. The fourth-order valence-electron chi connectivity index (χ4n) is 3.27. The molecule has 1 aromatic rings. The summed E-state index contributed by atoms with van der Waals surface area (Å²) in [4.78, 5) is 4.31. The molecule has 2 rings (SSSR count). The van der Waals surface area contributed by atoms with Crippen LogP contribution >= 0.6 is 0 Å². The molecule has 0 radical (unpaired) electrons. The van der Waals surface area contributed by atoms with Crippen LogP contribution in [0.15, 0.2) is 23.2 Å². The van der Waals surface area contributed by atoms with Crippen molar-refractivity contribution in [3.63, 3.8) is 0 Å². The Kier molecular flexibility index (Phi) is 12.3. The van der Waals surface area contributed by atoms with Crippen LogP contribution in [0.4, 0.5) is 0 Å². The summed E-state index contributed by atoms with van der Waals surface area (Å²) >= 11 is 0. The molecular weight excluding hydrogens is 382 g/mol. The molecule has 7 heteroatoms. The van der Waals surface area contributed by atoms with Gasteiger partial charge in [-0.15, -0.1) is 0 Å². The van der Waals surface area contributed by atoms with Gasteiger partial charge in [-0.05, 0) is 43.7 Å². The van der Waals surface area contributed by atoms with Gasteiger partial charge < -0.3 is 29.6 Å². The molecule has 1 heterocycles. The van der Waals surface area contributed by atoms with Crippen molar-refractivity contribution >= 4 is 5.96 Å². The second-order valence-electron chi connectivity index (χ2n) is 7.64. The standard InChI is InChI=1S/C23H39N3O4/c1-19-6-7-21(22(16-19)30-13-5-11-27-3)17-26-23(24-2)25-10-4-12-29-18-20-8-14-28-15-9-20/h6-7,16,20H,4-5,8-15,17-18H2,1-3H3,(H2,24,25,26). The van der Waals surface area contributed by atoms with Crippen LogP contribution < -0.4 is 15.4 Å². The van der Waals surface area contributed by atoms with Gasteiger partial charge in [0.2, 0.25) is 0 Å². The Hall–Kier alpha value is -1.83. The zero-order valence-electron chi connectivity index (χ0n) is 18.9. The van der Waals surface area contributed by atoms with Crippen LogP contribution in [0, 0.1) is 12.8 Å². The number of methoxy groups -OCH3 is 1. The minimum atomic E-state index is 0.644. The zero-order valence-corrected chi connectivity index (χ0v) is 18.9. The van der Waals surface area contributed by atoms with Gasteiger partial charge in [-0.25, -0.2) is 0 Å². The molecule has 1 aliphatic heterocycles. The number of nitrogens with zero attached hydrogens (tertiary/aromatic N) is 1. The van der Waals surface area contributed by atoms with Crippen molar-refractivity contribution in [1.82, 2.24) is 10.6 Å². The molecular formula is C23H39N3O4. The summed E-state index contributed by atoms with van der Waals surface area (Å²) in [5, 5.41) is 6.72. The van der Waals surface area contributed by atoms with Gasteiger partial charge >= 0.3 is 0 Å². The lowest BCUT2D eigenvalue weighted by atomic mass is 10.0. The first-order chi connectivity index (χ1) is 14.7. The van der Waals surface area contributed by atoms with E-state index in [1.165, 1.54) is 5.56 Å². The van der Waals surface area contributed by atoms with Crippen molar-refractivity contribution in [2.45, 2.75) is 39.2 Å². The Morgan fingerprint density at radius 1 is 1.13 bits per heavy atom. The lowest BCUT2D eigenvalue weighted by Crippen LogP contribution is -2.37. The Morgan fingerprint density at radius 3 is 2.73 bits per heavy atom. The van der Waals surface area contributed by atoms with Crippen molar-refractivity contribution in [2.75, 3.05) is 60.3 Å². The highest BCUT2D eigenvalue weighted by molar-refractivity contribution is 5.79. The minimum Gasteiger partial charge on any atom is -0.493 e. The van der Waals surface area contributed by atoms with Gasteiger partial charge in [0.05, 0.1) is 6.61 Å². The van der Waals surface area contributed by atoms with E-state index in [1.807, 2.05) is 0 Å². The highest BCUT2D eigenvalue weighted by atomic mass is 16.5. The van der Waals surface area contributed by atoms with E-state index in [2.05, 4.69) is 40.7 Å². The fraction of sp³-hybridized carbons (Fsp3) is 0.696. The second-order valence-corrected chi connectivity index (χ2v) is 7.64. The van der Waals surface area contributed by atoms with Gasteiger partial charge in [-0.3, -0.25) is 4.99 Å². The molecule has 0 amide bonds. The number of ether oxygens (including phenoxy) is 4. The second kappa shape index (κ2) is 15.0. The number of hydrogen-bond acceptors (Lipinski definition) is 5. The van der Waals surface area contributed by atoms with E-state index in [0.717, 1.165) is 75.9 Å². The quantitative estimate of drug-likeness (QED) is 0.290. The number of benzene rings is 1. The number of aliphatic imine (C=N–C) groups is 1. The monoisotopic (exact) mass is 421 g/mol. The number of aryl methyl sites for hydroxylation is 1. The molecule has 2 N–H and O–H groups in total. The molecule has 0 unspecified atom stereocenters.